The van der Waals surface area contributed by atoms with Crippen molar-refractivity contribution < 1.29 is 18.0 Å². The number of pyridine rings is 2. The van der Waals surface area contributed by atoms with E-state index in [0.29, 0.717) is 5.56 Å². The molecule has 0 atom stereocenters. The molecule has 0 saturated heterocycles. The van der Waals surface area contributed by atoms with Crippen LogP contribution in [0.1, 0.15) is 16.1 Å². The number of nitrogens with zero attached hydrogens (tertiary/aromatic N) is 2. The Morgan fingerprint density at radius 2 is 1.87 bits per heavy atom. The minimum absolute atomic E-state index is 0.0736. The highest BCUT2D eigenvalue weighted by Gasteiger charge is 2.36. The molecule has 118 valence electrons. The monoisotopic (exact) mass is 321 g/mol. The largest absolute Gasteiger partial charge is 0.417 e. The number of nitrogen functional groups attached to an aromatic ring is 1. The van der Waals surface area contributed by atoms with Crippen LogP contribution in [0.25, 0.3) is 22.3 Å². The number of nitrogens with two attached hydrogens (primary N) is 2. The molecule has 0 radical (unpaired) electrons. The van der Waals surface area contributed by atoms with Gasteiger partial charge in [0, 0.05) is 18.0 Å². The van der Waals surface area contributed by atoms with Crippen molar-refractivity contribution in [2.75, 3.05) is 5.73 Å². The van der Waals surface area contributed by atoms with Crippen LogP contribution in [0.3, 0.4) is 0 Å². The first-order chi connectivity index (χ1) is 10.8. The van der Waals surface area contributed by atoms with Gasteiger partial charge in [-0.15, -0.1) is 0 Å². The van der Waals surface area contributed by atoms with Crippen LogP contribution in [0.2, 0.25) is 0 Å². The van der Waals surface area contributed by atoms with Crippen molar-refractivity contribution in [1.82, 2.24) is 15.0 Å². The van der Waals surface area contributed by atoms with Crippen molar-refractivity contribution in [3.8, 4) is 11.3 Å². The Balaban J connectivity index is 2.38. The van der Waals surface area contributed by atoms with Gasteiger partial charge in [0.1, 0.15) is 11.3 Å². The third kappa shape index (κ3) is 2.45. The SMILES string of the molecule is NC(=O)c1[nH]c2nc(-c3ccncc3)cc(C(F)(F)F)c2c1N. The number of rotatable bonds is 2. The van der Waals surface area contributed by atoms with Crippen LogP contribution in [0.5, 0.6) is 0 Å². The van der Waals surface area contributed by atoms with Gasteiger partial charge in [-0.1, -0.05) is 0 Å². The molecule has 3 rings (SSSR count). The second-order valence-electron chi connectivity index (χ2n) is 4.79. The number of aromatic amines is 1. The maximum atomic E-state index is 13.4. The third-order valence-electron chi connectivity index (χ3n) is 3.33. The Kier molecular flexibility index (Phi) is 3.20. The van der Waals surface area contributed by atoms with Crippen LogP contribution in [-0.4, -0.2) is 20.9 Å². The fraction of sp³-hybridized carbons (Fsp3) is 0.0714. The molecule has 0 saturated carbocycles. The Morgan fingerprint density at radius 1 is 1.22 bits per heavy atom. The molecule has 5 N–H and O–H groups in total. The van der Waals surface area contributed by atoms with Gasteiger partial charge in [0.2, 0.25) is 0 Å². The number of nitrogens with one attached hydrogen (secondary N) is 1. The summed E-state index contributed by atoms with van der Waals surface area (Å²) in [5, 5.41) is -0.371. The number of fused-ring (bicyclic) bond motifs is 1. The van der Waals surface area contributed by atoms with Gasteiger partial charge < -0.3 is 16.5 Å². The van der Waals surface area contributed by atoms with Crippen LogP contribution >= 0.6 is 0 Å². The molecule has 0 aliphatic heterocycles. The van der Waals surface area contributed by atoms with Gasteiger partial charge in [0.25, 0.3) is 5.91 Å². The van der Waals surface area contributed by atoms with E-state index in [9.17, 15) is 18.0 Å². The first kappa shape index (κ1) is 14.8. The van der Waals surface area contributed by atoms with Crippen molar-refractivity contribution >= 4 is 22.6 Å². The summed E-state index contributed by atoms with van der Waals surface area (Å²) >= 11 is 0. The third-order valence-corrected chi connectivity index (χ3v) is 3.33. The molecule has 0 fully saturated rings. The molecule has 0 bridgehead atoms. The average Bonchev–Trinajstić information content (AvgIpc) is 2.84. The van der Waals surface area contributed by atoms with Gasteiger partial charge >= 0.3 is 6.18 Å². The number of amides is 1. The molecule has 0 aromatic carbocycles. The molecular formula is C14H10F3N5O. The number of anilines is 1. The second-order valence-corrected chi connectivity index (χ2v) is 4.79. The molecular weight excluding hydrogens is 311 g/mol. The van der Waals surface area contributed by atoms with Crippen LogP contribution in [0, 0.1) is 0 Å². The van der Waals surface area contributed by atoms with Crippen molar-refractivity contribution in [3.63, 3.8) is 0 Å². The number of halogens is 3. The van der Waals surface area contributed by atoms with E-state index in [4.69, 9.17) is 11.5 Å². The molecule has 3 aromatic heterocycles. The summed E-state index contributed by atoms with van der Waals surface area (Å²) in [5.74, 6) is -0.959. The highest BCUT2D eigenvalue weighted by Crippen LogP contribution is 2.39. The lowest BCUT2D eigenvalue weighted by molar-refractivity contribution is -0.136. The summed E-state index contributed by atoms with van der Waals surface area (Å²) in [5.41, 5.74) is 9.47. The highest BCUT2D eigenvalue weighted by molar-refractivity contribution is 6.07. The van der Waals surface area contributed by atoms with E-state index in [2.05, 4.69) is 15.0 Å². The van der Waals surface area contributed by atoms with E-state index >= 15 is 0 Å². The van der Waals surface area contributed by atoms with Crippen molar-refractivity contribution in [2.45, 2.75) is 6.18 Å². The van der Waals surface area contributed by atoms with Crippen molar-refractivity contribution in [3.05, 3.63) is 41.9 Å². The van der Waals surface area contributed by atoms with Crippen LogP contribution < -0.4 is 11.5 Å². The minimum Gasteiger partial charge on any atom is -0.396 e. The number of hydrogen-bond acceptors (Lipinski definition) is 4. The van der Waals surface area contributed by atoms with Crippen LogP contribution in [0.4, 0.5) is 18.9 Å². The number of primary amides is 1. The van der Waals surface area contributed by atoms with Gasteiger partial charge in [-0.25, -0.2) is 4.98 Å². The number of carbonyl (C=O) groups is 1. The topological polar surface area (TPSA) is 111 Å². The quantitative estimate of drug-likeness (QED) is 0.672. The van der Waals surface area contributed by atoms with Crippen molar-refractivity contribution in [1.29, 1.82) is 0 Å². The molecule has 0 aliphatic rings. The van der Waals surface area contributed by atoms with E-state index in [0.717, 1.165) is 6.07 Å². The fourth-order valence-electron chi connectivity index (χ4n) is 2.31. The number of aromatic nitrogens is 3. The van der Waals surface area contributed by atoms with Crippen LogP contribution in [0.15, 0.2) is 30.6 Å². The van der Waals surface area contributed by atoms with E-state index in [1.54, 1.807) is 0 Å². The lowest BCUT2D eigenvalue weighted by atomic mass is 10.1. The summed E-state index contributed by atoms with van der Waals surface area (Å²) < 4.78 is 40.1. The highest BCUT2D eigenvalue weighted by atomic mass is 19.4. The zero-order valence-electron chi connectivity index (χ0n) is 11.5. The number of alkyl halides is 3. The standard InChI is InChI=1S/C14H10F3N5O/c15-14(16,17)7-5-8(6-1-3-20-4-2-6)21-13-9(7)10(18)11(22-13)12(19)23/h1-5H,18H2,(H2,19,23)(H,21,22). The Labute approximate surface area is 127 Å². The summed E-state index contributed by atoms with van der Waals surface area (Å²) in [6.45, 7) is 0. The van der Waals surface area contributed by atoms with Gasteiger partial charge in [-0.3, -0.25) is 9.78 Å². The second kappa shape index (κ2) is 4.97. The molecule has 9 heteroatoms. The predicted molar refractivity (Wildman–Crippen MR) is 77.3 cm³/mol. The Hall–Kier alpha value is -3.10. The Bertz CT molecular complexity index is 902. The van der Waals surface area contributed by atoms with Gasteiger partial charge in [-0.05, 0) is 18.2 Å². The predicted octanol–water partition coefficient (Wildman–Crippen LogP) is 2.32. The smallest absolute Gasteiger partial charge is 0.396 e. The van der Waals surface area contributed by atoms with Gasteiger partial charge in [0.05, 0.1) is 22.3 Å². The minimum atomic E-state index is -4.67. The molecule has 6 nitrogen and oxygen atoms in total. The van der Waals surface area contributed by atoms with Crippen LogP contribution in [-0.2, 0) is 6.18 Å². The van der Waals surface area contributed by atoms with Gasteiger partial charge in [0.15, 0.2) is 0 Å². The zero-order valence-corrected chi connectivity index (χ0v) is 11.5. The van der Waals surface area contributed by atoms with Crippen molar-refractivity contribution in [2.24, 2.45) is 5.73 Å². The Morgan fingerprint density at radius 3 is 2.43 bits per heavy atom. The molecule has 1 amide bonds. The maximum Gasteiger partial charge on any atom is 0.417 e. The summed E-state index contributed by atoms with van der Waals surface area (Å²) in [4.78, 5) is 21.7. The molecule has 0 aliphatic carbocycles. The number of H-pyrrole nitrogens is 1. The molecule has 23 heavy (non-hydrogen) atoms. The summed E-state index contributed by atoms with van der Waals surface area (Å²) in [6, 6.07) is 3.93. The molecule has 3 aromatic rings. The van der Waals surface area contributed by atoms with Gasteiger partial charge in [-0.2, -0.15) is 13.2 Å². The summed E-state index contributed by atoms with van der Waals surface area (Å²) in [6.07, 6.45) is -1.80. The molecule has 3 heterocycles. The van der Waals surface area contributed by atoms with E-state index in [1.165, 1.54) is 24.5 Å². The van der Waals surface area contributed by atoms with E-state index in [-0.39, 0.29) is 28.1 Å². The van der Waals surface area contributed by atoms with E-state index in [1.807, 2.05) is 0 Å². The lowest BCUT2D eigenvalue weighted by Gasteiger charge is -2.11. The molecule has 0 unspecified atom stereocenters. The maximum absolute atomic E-state index is 13.4. The number of hydrogen-bond donors (Lipinski definition) is 3. The first-order valence-corrected chi connectivity index (χ1v) is 6.38. The first-order valence-electron chi connectivity index (χ1n) is 6.38. The zero-order chi connectivity index (χ0) is 16.8. The molecule has 0 spiro atoms. The van der Waals surface area contributed by atoms with E-state index < -0.39 is 17.6 Å². The lowest BCUT2D eigenvalue weighted by Crippen LogP contribution is -2.13. The number of carbonyl (C=O) groups excluding carboxylic acids is 1. The fourth-order valence-corrected chi connectivity index (χ4v) is 2.31. The average molecular weight is 321 g/mol. The summed E-state index contributed by atoms with van der Waals surface area (Å²) in [7, 11) is 0. The normalized spacial score (nSPS) is 11.8.